The number of rotatable bonds is 2. The summed E-state index contributed by atoms with van der Waals surface area (Å²) in [6.07, 6.45) is 0. The number of benzene rings is 1. The van der Waals surface area contributed by atoms with Gasteiger partial charge in [-0.1, -0.05) is 6.07 Å². The molecule has 1 aromatic heterocycles. The second kappa shape index (κ2) is 3.19. The maximum Gasteiger partial charge on any atom is 0.201 e. The van der Waals surface area contributed by atoms with Crippen LogP contribution in [0.4, 0.5) is 5.95 Å². The number of anilines is 1. The molecule has 0 fully saturated rings. The summed E-state index contributed by atoms with van der Waals surface area (Å²) in [4.78, 5) is 4.07. The number of para-hydroxylation sites is 1. The molecule has 5 N–H and O–H groups in total. The fourth-order valence-corrected chi connectivity index (χ4v) is 1.51. The van der Waals surface area contributed by atoms with Crippen LogP contribution in [0.15, 0.2) is 18.2 Å². The van der Waals surface area contributed by atoms with Crippen LogP contribution < -0.4 is 11.5 Å². The van der Waals surface area contributed by atoms with Crippen LogP contribution in [-0.4, -0.2) is 21.2 Å². The van der Waals surface area contributed by atoms with Crippen molar-refractivity contribution in [2.24, 2.45) is 5.73 Å². The molecule has 1 aromatic carbocycles. The van der Waals surface area contributed by atoms with Crippen LogP contribution in [-0.2, 0) is 6.54 Å². The van der Waals surface area contributed by atoms with E-state index in [4.69, 9.17) is 11.5 Å². The molecule has 2 rings (SSSR count). The van der Waals surface area contributed by atoms with Gasteiger partial charge in [0.2, 0.25) is 5.95 Å². The first-order valence-electron chi connectivity index (χ1n) is 4.38. The largest absolute Gasteiger partial charge is 0.506 e. The number of phenolic OH excluding ortho intramolecular Hbond substituents is 1. The van der Waals surface area contributed by atoms with E-state index in [0.29, 0.717) is 24.6 Å². The third kappa shape index (κ3) is 1.18. The van der Waals surface area contributed by atoms with Gasteiger partial charge in [0.05, 0.1) is 5.52 Å². The van der Waals surface area contributed by atoms with Crippen LogP contribution in [0.25, 0.3) is 11.0 Å². The van der Waals surface area contributed by atoms with E-state index in [1.165, 1.54) is 0 Å². The number of phenols is 1. The molecule has 0 spiro atoms. The maximum atomic E-state index is 9.51. The highest BCUT2D eigenvalue weighted by Crippen LogP contribution is 2.25. The molecule has 0 aliphatic rings. The Morgan fingerprint density at radius 2 is 2.21 bits per heavy atom. The highest BCUT2D eigenvalue weighted by molar-refractivity contribution is 5.83. The van der Waals surface area contributed by atoms with Gasteiger partial charge in [-0.3, -0.25) is 0 Å². The molecule has 0 atom stereocenters. The summed E-state index contributed by atoms with van der Waals surface area (Å²) < 4.78 is 1.79. The third-order valence-corrected chi connectivity index (χ3v) is 2.14. The molecular weight excluding hydrogens is 180 g/mol. The number of aromatic hydroxyl groups is 1. The molecule has 0 saturated heterocycles. The van der Waals surface area contributed by atoms with Crippen LogP contribution in [0.1, 0.15) is 0 Å². The normalized spacial score (nSPS) is 10.9. The number of nitrogens with two attached hydrogens (primary N) is 2. The van der Waals surface area contributed by atoms with E-state index in [0.717, 1.165) is 5.52 Å². The molecule has 74 valence electrons. The zero-order valence-electron chi connectivity index (χ0n) is 7.64. The van der Waals surface area contributed by atoms with Gasteiger partial charge in [-0.05, 0) is 12.1 Å². The Bertz CT molecular complexity index is 463. The smallest absolute Gasteiger partial charge is 0.201 e. The first-order valence-corrected chi connectivity index (χ1v) is 4.38. The number of hydrogen-bond donors (Lipinski definition) is 3. The summed E-state index contributed by atoms with van der Waals surface area (Å²) in [5, 5.41) is 9.51. The molecule has 0 aliphatic heterocycles. The summed E-state index contributed by atoms with van der Waals surface area (Å²) in [5.41, 5.74) is 12.5. The minimum Gasteiger partial charge on any atom is -0.506 e. The van der Waals surface area contributed by atoms with E-state index < -0.39 is 0 Å². The first-order chi connectivity index (χ1) is 6.74. The predicted molar refractivity (Wildman–Crippen MR) is 54.9 cm³/mol. The molecule has 14 heavy (non-hydrogen) atoms. The topological polar surface area (TPSA) is 90.1 Å². The van der Waals surface area contributed by atoms with Crippen molar-refractivity contribution in [3.8, 4) is 5.75 Å². The zero-order valence-corrected chi connectivity index (χ0v) is 7.64. The van der Waals surface area contributed by atoms with Crippen LogP contribution in [0, 0.1) is 0 Å². The van der Waals surface area contributed by atoms with E-state index in [-0.39, 0.29) is 5.75 Å². The molecule has 5 nitrogen and oxygen atoms in total. The zero-order chi connectivity index (χ0) is 10.1. The summed E-state index contributed by atoms with van der Waals surface area (Å²) in [6.45, 7) is 1.09. The number of fused-ring (bicyclic) bond motifs is 1. The van der Waals surface area contributed by atoms with Crippen molar-refractivity contribution in [1.29, 1.82) is 0 Å². The van der Waals surface area contributed by atoms with Gasteiger partial charge < -0.3 is 21.1 Å². The number of nitrogens with zero attached hydrogens (tertiary/aromatic N) is 2. The van der Waals surface area contributed by atoms with Crippen LogP contribution in [0.2, 0.25) is 0 Å². The van der Waals surface area contributed by atoms with Gasteiger partial charge in [0.1, 0.15) is 11.3 Å². The van der Waals surface area contributed by atoms with Crippen molar-refractivity contribution in [3.63, 3.8) is 0 Å². The molecule has 0 radical (unpaired) electrons. The number of imidazole rings is 1. The third-order valence-electron chi connectivity index (χ3n) is 2.14. The monoisotopic (exact) mass is 192 g/mol. The quantitative estimate of drug-likeness (QED) is 0.637. The van der Waals surface area contributed by atoms with Crippen LogP contribution >= 0.6 is 0 Å². The molecule has 0 aliphatic carbocycles. The van der Waals surface area contributed by atoms with Gasteiger partial charge >= 0.3 is 0 Å². The highest BCUT2D eigenvalue weighted by Gasteiger charge is 2.09. The fraction of sp³-hybridized carbons (Fsp3) is 0.222. The van der Waals surface area contributed by atoms with Gasteiger partial charge in [-0.2, -0.15) is 0 Å². The summed E-state index contributed by atoms with van der Waals surface area (Å²) in [6, 6.07) is 5.20. The van der Waals surface area contributed by atoms with Crippen molar-refractivity contribution in [3.05, 3.63) is 18.2 Å². The standard InChI is InChI=1S/C9H12N4O/c10-4-5-13-6-2-1-3-7(14)8(6)12-9(13)11/h1-3,14H,4-5,10H2,(H2,11,12). The van der Waals surface area contributed by atoms with E-state index in [1.807, 2.05) is 6.07 Å². The summed E-state index contributed by atoms with van der Waals surface area (Å²) in [7, 11) is 0. The Morgan fingerprint density at radius 1 is 1.43 bits per heavy atom. The van der Waals surface area contributed by atoms with Crippen molar-refractivity contribution in [2.75, 3.05) is 12.3 Å². The average Bonchev–Trinajstić information content (AvgIpc) is 2.47. The number of hydrogen-bond acceptors (Lipinski definition) is 4. The van der Waals surface area contributed by atoms with Gasteiger partial charge in [0.15, 0.2) is 0 Å². The Hall–Kier alpha value is -1.75. The summed E-state index contributed by atoms with van der Waals surface area (Å²) >= 11 is 0. The second-order valence-corrected chi connectivity index (χ2v) is 3.06. The number of aromatic nitrogens is 2. The van der Waals surface area contributed by atoms with E-state index in [2.05, 4.69) is 4.98 Å². The lowest BCUT2D eigenvalue weighted by atomic mass is 10.3. The Balaban J connectivity index is 2.70. The van der Waals surface area contributed by atoms with Crippen molar-refractivity contribution < 1.29 is 5.11 Å². The molecule has 0 saturated carbocycles. The fourth-order valence-electron chi connectivity index (χ4n) is 1.51. The molecule has 5 heteroatoms. The highest BCUT2D eigenvalue weighted by atomic mass is 16.3. The molecular formula is C9H12N4O. The van der Waals surface area contributed by atoms with E-state index in [9.17, 15) is 5.11 Å². The maximum absolute atomic E-state index is 9.51. The predicted octanol–water partition coefficient (Wildman–Crippen LogP) is 0.283. The molecule has 2 aromatic rings. The van der Waals surface area contributed by atoms with Crippen molar-refractivity contribution in [2.45, 2.75) is 6.54 Å². The lowest BCUT2D eigenvalue weighted by molar-refractivity contribution is 0.480. The molecule has 0 amide bonds. The van der Waals surface area contributed by atoms with Crippen molar-refractivity contribution >= 4 is 17.0 Å². The molecule has 1 heterocycles. The van der Waals surface area contributed by atoms with E-state index >= 15 is 0 Å². The van der Waals surface area contributed by atoms with Gasteiger partial charge in [0, 0.05) is 13.1 Å². The van der Waals surface area contributed by atoms with Crippen LogP contribution in [0.3, 0.4) is 0 Å². The minimum absolute atomic E-state index is 0.143. The van der Waals surface area contributed by atoms with Gasteiger partial charge in [-0.25, -0.2) is 4.98 Å². The van der Waals surface area contributed by atoms with Crippen LogP contribution in [0.5, 0.6) is 5.75 Å². The lowest BCUT2D eigenvalue weighted by Crippen LogP contribution is -2.11. The Labute approximate surface area is 81.0 Å². The second-order valence-electron chi connectivity index (χ2n) is 3.06. The number of nitrogen functional groups attached to an aromatic ring is 1. The van der Waals surface area contributed by atoms with Gasteiger partial charge in [0.25, 0.3) is 0 Å². The SMILES string of the molecule is NCCn1c(N)nc2c(O)cccc21. The Kier molecular flexibility index (Phi) is 2.01. The minimum atomic E-state index is 0.143. The van der Waals surface area contributed by atoms with Crippen molar-refractivity contribution in [1.82, 2.24) is 9.55 Å². The van der Waals surface area contributed by atoms with Gasteiger partial charge in [-0.15, -0.1) is 0 Å². The first kappa shape index (κ1) is 8.83. The summed E-state index contributed by atoms with van der Waals surface area (Å²) in [5.74, 6) is 0.525. The van der Waals surface area contributed by atoms with E-state index in [1.54, 1.807) is 16.7 Å². The lowest BCUT2D eigenvalue weighted by Gasteiger charge is -2.02. The average molecular weight is 192 g/mol. The molecule has 0 bridgehead atoms. The molecule has 0 unspecified atom stereocenters. The Morgan fingerprint density at radius 3 is 2.93 bits per heavy atom.